The second kappa shape index (κ2) is 5.88. The van der Waals surface area contributed by atoms with Crippen molar-refractivity contribution in [2.24, 2.45) is 7.05 Å². The summed E-state index contributed by atoms with van der Waals surface area (Å²) in [6.45, 7) is 6.52. The Bertz CT molecular complexity index is 534. The second-order valence-electron chi connectivity index (χ2n) is 5.04. The first kappa shape index (κ1) is 14.3. The minimum absolute atomic E-state index is 0.373. The Hall–Kier alpha value is -1.13. The zero-order valence-electron chi connectivity index (χ0n) is 12.4. The quantitative estimate of drug-likeness (QED) is 0.910. The fourth-order valence-electron chi connectivity index (χ4n) is 2.26. The lowest BCUT2D eigenvalue weighted by Gasteiger charge is -2.14. The Balaban J connectivity index is 2.21. The molecule has 0 aliphatic rings. The van der Waals surface area contributed by atoms with Crippen molar-refractivity contribution in [3.8, 4) is 0 Å². The molecule has 2 aromatic heterocycles. The van der Waals surface area contributed by atoms with Gasteiger partial charge in [0.2, 0.25) is 0 Å². The van der Waals surface area contributed by atoms with Gasteiger partial charge in [0.15, 0.2) is 0 Å². The van der Waals surface area contributed by atoms with Gasteiger partial charge in [0, 0.05) is 35.0 Å². The number of aromatic nitrogens is 2. The van der Waals surface area contributed by atoms with Gasteiger partial charge in [0.25, 0.3) is 0 Å². The molecule has 0 saturated heterocycles. The van der Waals surface area contributed by atoms with E-state index in [1.54, 1.807) is 0 Å². The topological polar surface area (TPSA) is 29.9 Å². The maximum absolute atomic E-state index is 4.53. The number of hydrogen-bond donors (Lipinski definition) is 1. The number of likely N-dealkylation sites (N-methyl/N-ethyl adjacent to an activating group) is 1. The van der Waals surface area contributed by atoms with Gasteiger partial charge in [-0.2, -0.15) is 5.10 Å². The van der Waals surface area contributed by atoms with Gasteiger partial charge in [-0.05, 0) is 45.0 Å². The van der Waals surface area contributed by atoms with Crippen LogP contribution in [0.25, 0.3) is 0 Å². The molecular formula is C15H23N3S. The third-order valence-corrected chi connectivity index (χ3v) is 4.95. The third-order valence-electron chi connectivity index (χ3n) is 3.68. The predicted octanol–water partition coefficient (Wildman–Crippen LogP) is 3.16. The van der Waals surface area contributed by atoms with Gasteiger partial charge in [-0.15, -0.1) is 11.3 Å². The monoisotopic (exact) mass is 277 g/mol. The Morgan fingerprint density at radius 1 is 1.37 bits per heavy atom. The van der Waals surface area contributed by atoms with Crippen molar-refractivity contribution < 1.29 is 0 Å². The van der Waals surface area contributed by atoms with E-state index in [1.807, 2.05) is 30.1 Å². The molecule has 0 aromatic carbocycles. The zero-order valence-corrected chi connectivity index (χ0v) is 13.3. The molecule has 3 nitrogen and oxygen atoms in total. The molecule has 2 rings (SSSR count). The van der Waals surface area contributed by atoms with Gasteiger partial charge in [-0.3, -0.25) is 4.68 Å². The van der Waals surface area contributed by atoms with E-state index >= 15 is 0 Å². The molecule has 2 aromatic rings. The molecule has 0 aliphatic carbocycles. The fraction of sp³-hybridized carbons (Fsp3) is 0.533. The molecule has 1 N–H and O–H groups in total. The summed E-state index contributed by atoms with van der Waals surface area (Å²) in [6.07, 6.45) is 1.98. The van der Waals surface area contributed by atoms with E-state index in [4.69, 9.17) is 0 Å². The molecule has 0 amide bonds. The van der Waals surface area contributed by atoms with Crippen LogP contribution < -0.4 is 5.32 Å². The van der Waals surface area contributed by atoms with Crippen molar-refractivity contribution in [1.29, 1.82) is 0 Å². The molecule has 2 heterocycles. The maximum atomic E-state index is 4.53. The highest BCUT2D eigenvalue weighted by atomic mass is 32.1. The Labute approximate surface area is 119 Å². The molecule has 104 valence electrons. The Kier molecular flexibility index (Phi) is 4.42. The Morgan fingerprint density at radius 3 is 2.58 bits per heavy atom. The van der Waals surface area contributed by atoms with Gasteiger partial charge >= 0.3 is 0 Å². The lowest BCUT2D eigenvalue weighted by molar-refractivity contribution is 0.568. The number of hydrogen-bond acceptors (Lipinski definition) is 3. The SMILES string of the molecule is CCc1cc(CC(NC)c2cc(C)c(C)s2)n(C)n1. The van der Waals surface area contributed by atoms with Crippen LogP contribution >= 0.6 is 11.3 Å². The highest BCUT2D eigenvalue weighted by Crippen LogP contribution is 2.28. The smallest absolute Gasteiger partial charge is 0.0624 e. The van der Waals surface area contributed by atoms with Crippen LogP contribution in [0.4, 0.5) is 0 Å². The second-order valence-corrected chi connectivity index (χ2v) is 6.33. The highest BCUT2D eigenvalue weighted by Gasteiger charge is 2.16. The van der Waals surface area contributed by atoms with E-state index in [-0.39, 0.29) is 0 Å². The summed E-state index contributed by atoms with van der Waals surface area (Å²) in [5, 5.41) is 7.96. The van der Waals surface area contributed by atoms with E-state index < -0.39 is 0 Å². The third kappa shape index (κ3) is 3.07. The first-order valence-corrected chi connectivity index (χ1v) is 7.62. The summed E-state index contributed by atoms with van der Waals surface area (Å²) < 4.78 is 2.01. The molecule has 4 heteroatoms. The summed E-state index contributed by atoms with van der Waals surface area (Å²) in [6, 6.07) is 4.90. The zero-order chi connectivity index (χ0) is 14.0. The lowest BCUT2D eigenvalue weighted by Crippen LogP contribution is -2.19. The molecule has 19 heavy (non-hydrogen) atoms. The van der Waals surface area contributed by atoms with Gasteiger partial charge in [0.1, 0.15) is 0 Å². The summed E-state index contributed by atoms with van der Waals surface area (Å²) in [5.41, 5.74) is 3.85. The van der Waals surface area contributed by atoms with E-state index in [2.05, 4.69) is 43.3 Å². The summed E-state index contributed by atoms with van der Waals surface area (Å²) >= 11 is 1.89. The van der Waals surface area contributed by atoms with Crippen LogP contribution in [-0.2, 0) is 19.9 Å². The van der Waals surface area contributed by atoms with Gasteiger partial charge in [-0.25, -0.2) is 0 Å². The molecule has 0 aliphatic heterocycles. The van der Waals surface area contributed by atoms with E-state index in [9.17, 15) is 0 Å². The van der Waals surface area contributed by atoms with E-state index in [0.29, 0.717) is 6.04 Å². The van der Waals surface area contributed by atoms with Crippen LogP contribution in [0.2, 0.25) is 0 Å². The Morgan fingerprint density at radius 2 is 2.11 bits per heavy atom. The van der Waals surface area contributed by atoms with Gasteiger partial charge < -0.3 is 5.32 Å². The molecule has 0 radical (unpaired) electrons. The molecule has 1 atom stereocenters. The van der Waals surface area contributed by atoms with Crippen molar-refractivity contribution in [2.45, 2.75) is 39.7 Å². The normalized spacial score (nSPS) is 12.9. The molecule has 1 unspecified atom stereocenters. The average molecular weight is 277 g/mol. The van der Waals surface area contributed by atoms with Crippen LogP contribution in [0.15, 0.2) is 12.1 Å². The summed E-state index contributed by atoms with van der Waals surface area (Å²) in [7, 11) is 4.07. The van der Waals surface area contributed by atoms with Crippen molar-refractivity contribution in [3.05, 3.63) is 38.8 Å². The molecule has 0 saturated carbocycles. The average Bonchev–Trinajstić information content (AvgIpc) is 2.90. The standard InChI is InChI=1S/C15H23N3S/c1-6-12-8-13(18(5)17-12)9-14(16-4)15-7-10(2)11(3)19-15/h7-8,14,16H,6,9H2,1-5H3. The minimum Gasteiger partial charge on any atom is -0.312 e. The fourth-order valence-corrected chi connectivity index (χ4v) is 3.42. The van der Waals surface area contributed by atoms with E-state index in [0.717, 1.165) is 12.8 Å². The number of aryl methyl sites for hydroxylation is 4. The van der Waals surface area contributed by atoms with Gasteiger partial charge in [0.05, 0.1) is 5.69 Å². The molecule has 0 fully saturated rings. The van der Waals surface area contributed by atoms with Crippen molar-refractivity contribution in [1.82, 2.24) is 15.1 Å². The molecule has 0 spiro atoms. The maximum Gasteiger partial charge on any atom is 0.0624 e. The van der Waals surface area contributed by atoms with Crippen LogP contribution in [0.1, 0.15) is 39.7 Å². The largest absolute Gasteiger partial charge is 0.312 e. The van der Waals surface area contributed by atoms with Crippen molar-refractivity contribution in [3.63, 3.8) is 0 Å². The molecule has 0 bridgehead atoms. The predicted molar refractivity (Wildman–Crippen MR) is 81.9 cm³/mol. The van der Waals surface area contributed by atoms with Crippen LogP contribution in [0.3, 0.4) is 0 Å². The number of nitrogens with one attached hydrogen (secondary N) is 1. The van der Waals surface area contributed by atoms with Crippen LogP contribution in [0.5, 0.6) is 0 Å². The number of thiophene rings is 1. The van der Waals surface area contributed by atoms with Crippen molar-refractivity contribution >= 4 is 11.3 Å². The van der Waals surface area contributed by atoms with Crippen molar-refractivity contribution in [2.75, 3.05) is 7.05 Å². The minimum atomic E-state index is 0.373. The summed E-state index contributed by atoms with van der Waals surface area (Å²) in [4.78, 5) is 2.83. The highest BCUT2D eigenvalue weighted by molar-refractivity contribution is 7.12. The van der Waals surface area contributed by atoms with Crippen LogP contribution in [0, 0.1) is 13.8 Å². The van der Waals surface area contributed by atoms with E-state index in [1.165, 1.54) is 26.7 Å². The first-order chi connectivity index (χ1) is 9.05. The molecular weight excluding hydrogens is 254 g/mol. The lowest BCUT2D eigenvalue weighted by atomic mass is 10.1. The first-order valence-electron chi connectivity index (χ1n) is 6.81. The van der Waals surface area contributed by atoms with Gasteiger partial charge in [-0.1, -0.05) is 6.92 Å². The number of nitrogens with zero attached hydrogens (tertiary/aromatic N) is 2. The summed E-state index contributed by atoms with van der Waals surface area (Å²) in [5.74, 6) is 0. The number of rotatable bonds is 5. The van der Waals surface area contributed by atoms with Crippen LogP contribution in [-0.4, -0.2) is 16.8 Å².